The number of hydrazone groups is 1. The number of carbonyl (C=O) groups is 3. The number of ether oxygens (including phenoxy) is 3. The minimum atomic E-state index is -0.959. The topological polar surface area (TPSA) is 127 Å². The molecule has 0 radical (unpaired) electrons. The maximum atomic E-state index is 12.4. The van der Waals surface area contributed by atoms with Crippen LogP contribution in [0.5, 0.6) is 17.2 Å². The van der Waals surface area contributed by atoms with Crippen LogP contribution in [0.25, 0.3) is 0 Å². The van der Waals surface area contributed by atoms with Crippen molar-refractivity contribution in [3.8, 4) is 17.2 Å². The molecule has 0 aliphatic heterocycles. The van der Waals surface area contributed by atoms with Crippen LogP contribution in [0.2, 0.25) is 10.0 Å². The molecule has 13 heteroatoms. The van der Waals surface area contributed by atoms with Crippen LogP contribution < -0.4 is 30.3 Å². The summed E-state index contributed by atoms with van der Waals surface area (Å²) in [6, 6.07) is 14.7. The number of amides is 3. The molecule has 3 N–H and O–H groups in total. The highest BCUT2D eigenvalue weighted by Gasteiger charge is 2.16. The van der Waals surface area contributed by atoms with Crippen LogP contribution in [0.15, 0.2) is 64.2 Å². The van der Waals surface area contributed by atoms with E-state index in [0.717, 1.165) is 6.42 Å². The molecular formula is C27H25BrCl2N4O6. The van der Waals surface area contributed by atoms with Crippen LogP contribution in [0.4, 0.5) is 11.4 Å². The number of methoxy groups -OCH3 is 1. The van der Waals surface area contributed by atoms with E-state index < -0.39 is 17.7 Å². The first-order valence-electron chi connectivity index (χ1n) is 11.8. The molecule has 3 rings (SSSR count). The van der Waals surface area contributed by atoms with Crippen molar-refractivity contribution in [2.24, 2.45) is 5.10 Å². The van der Waals surface area contributed by atoms with Gasteiger partial charge in [0.15, 0.2) is 18.1 Å². The van der Waals surface area contributed by atoms with E-state index in [2.05, 4.69) is 37.1 Å². The van der Waals surface area contributed by atoms with Crippen LogP contribution >= 0.6 is 39.1 Å². The molecule has 0 heterocycles. The molecule has 210 valence electrons. The summed E-state index contributed by atoms with van der Waals surface area (Å²) in [6.07, 6.45) is 2.19. The van der Waals surface area contributed by atoms with Gasteiger partial charge < -0.3 is 24.8 Å². The lowest BCUT2D eigenvalue weighted by Gasteiger charge is -2.14. The first kappa shape index (κ1) is 30.7. The summed E-state index contributed by atoms with van der Waals surface area (Å²) < 4.78 is 16.9. The highest BCUT2D eigenvalue weighted by molar-refractivity contribution is 9.10. The van der Waals surface area contributed by atoms with E-state index in [1.54, 1.807) is 54.6 Å². The monoisotopic (exact) mass is 650 g/mol. The van der Waals surface area contributed by atoms with Crippen LogP contribution in [0, 0.1) is 0 Å². The fraction of sp³-hybridized carbons (Fsp3) is 0.185. The summed E-state index contributed by atoms with van der Waals surface area (Å²) >= 11 is 15.4. The maximum Gasteiger partial charge on any atom is 0.329 e. The Labute approximate surface area is 249 Å². The van der Waals surface area contributed by atoms with Crippen molar-refractivity contribution in [1.29, 1.82) is 0 Å². The van der Waals surface area contributed by atoms with Crippen molar-refractivity contribution in [3.63, 3.8) is 0 Å². The van der Waals surface area contributed by atoms with Crippen LogP contribution in [-0.2, 0) is 14.4 Å². The fourth-order valence-electron chi connectivity index (χ4n) is 3.14. The van der Waals surface area contributed by atoms with Gasteiger partial charge in [0.2, 0.25) is 0 Å². The summed E-state index contributed by atoms with van der Waals surface area (Å²) in [5.41, 5.74) is 3.46. The van der Waals surface area contributed by atoms with Crippen LogP contribution in [-0.4, -0.2) is 44.3 Å². The van der Waals surface area contributed by atoms with E-state index in [0.29, 0.717) is 44.5 Å². The van der Waals surface area contributed by atoms with Gasteiger partial charge in [-0.05, 0) is 76.4 Å². The Kier molecular flexibility index (Phi) is 11.6. The number of nitrogens with zero attached hydrogens (tertiary/aromatic N) is 1. The number of carbonyl (C=O) groups excluding carboxylic acids is 3. The van der Waals surface area contributed by atoms with Crippen molar-refractivity contribution in [3.05, 3.63) is 74.7 Å². The van der Waals surface area contributed by atoms with Gasteiger partial charge in [0, 0.05) is 5.69 Å². The Bertz CT molecular complexity index is 1400. The molecule has 0 fully saturated rings. The largest absolute Gasteiger partial charge is 0.494 e. The smallest absolute Gasteiger partial charge is 0.329 e. The van der Waals surface area contributed by atoms with Crippen molar-refractivity contribution in [1.82, 2.24) is 5.43 Å². The fourth-order valence-corrected chi connectivity index (χ4v) is 4.06. The molecule has 0 saturated heterocycles. The lowest BCUT2D eigenvalue weighted by Crippen LogP contribution is -2.32. The van der Waals surface area contributed by atoms with Crippen molar-refractivity contribution >= 4 is 74.4 Å². The molecule has 0 saturated carbocycles. The van der Waals surface area contributed by atoms with Gasteiger partial charge in [0.05, 0.1) is 40.1 Å². The summed E-state index contributed by atoms with van der Waals surface area (Å²) in [5.74, 6) is -1.09. The van der Waals surface area contributed by atoms with Gasteiger partial charge in [0.1, 0.15) is 5.75 Å². The lowest BCUT2D eigenvalue weighted by atomic mass is 10.2. The first-order valence-corrected chi connectivity index (χ1v) is 13.4. The van der Waals surface area contributed by atoms with Gasteiger partial charge in [-0.25, -0.2) is 5.43 Å². The summed E-state index contributed by atoms with van der Waals surface area (Å²) in [6.45, 7) is 2.24. The van der Waals surface area contributed by atoms with Gasteiger partial charge in [-0.3, -0.25) is 14.4 Å². The van der Waals surface area contributed by atoms with Gasteiger partial charge in [-0.1, -0.05) is 36.2 Å². The Hall–Kier alpha value is -3.80. The normalized spacial score (nSPS) is 10.6. The molecule has 3 aromatic rings. The molecule has 0 unspecified atom stereocenters. The van der Waals surface area contributed by atoms with E-state index in [9.17, 15) is 14.4 Å². The summed E-state index contributed by atoms with van der Waals surface area (Å²) in [5, 5.41) is 9.46. The minimum Gasteiger partial charge on any atom is -0.494 e. The molecule has 3 amide bonds. The Morgan fingerprint density at radius 1 is 1.00 bits per heavy atom. The predicted molar refractivity (Wildman–Crippen MR) is 158 cm³/mol. The Morgan fingerprint density at radius 3 is 2.45 bits per heavy atom. The maximum absolute atomic E-state index is 12.4. The van der Waals surface area contributed by atoms with Gasteiger partial charge in [-0.2, -0.15) is 5.10 Å². The molecule has 40 heavy (non-hydrogen) atoms. The van der Waals surface area contributed by atoms with Gasteiger partial charge >= 0.3 is 11.8 Å². The molecule has 0 spiro atoms. The molecule has 0 bridgehead atoms. The Morgan fingerprint density at radius 2 is 1.75 bits per heavy atom. The second kappa shape index (κ2) is 15.1. The Balaban J connectivity index is 1.55. The number of hydrogen-bond acceptors (Lipinski definition) is 7. The quantitative estimate of drug-likeness (QED) is 0.140. The van der Waals surface area contributed by atoms with E-state index in [1.165, 1.54) is 13.3 Å². The number of hydrogen-bond donors (Lipinski definition) is 3. The van der Waals surface area contributed by atoms with E-state index in [4.69, 9.17) is 37.4 Å². The highest BCUT2D eigenvalue weighted by atomic mass is 79.9. The lowest BCUT2D eigenvalue weighted by molar-refractivity contribution is -0.136. The zero-order valence-electron chi connectivity index (χ0n) is 21.4. The van der Waals surface area contributed by atoms with E-state index in [1.807, 2.05) is 6.92 Å². The van der Waals surface area contributed by atoms with Gasteiger partial charge in [-0.15, -0.1) is 0 Å². The molecule has 10 nitrogen and oxygen atoms in total. The molecular weight excluding hydrogens is 627 g/mol. The third kappa shape index (κ3) is 8.87. The highest BCUT2D eigenvalue weighted by Crippen LogP contribution is 2.36. The zero-order valence-corrected chi connectivity index (χ0v) is 24.5. The second-order valence-corrected chi connectivity index (χ2v) is 9.64. The summed E-state index contributed by atoms with van der Waals surface area (Å²) in [7, 11) is 1.43. The number of halogens is 3. The first-order chi connectivity index (χ1) is 19.2. The molecule has 0 aliphatic rings. The van der Waals surface area contributed by atoms with Crippen molar-refractivity contribution < 1.29 is 28.6 Å². The predicted octanol–water partition coefficient (Wildman–Crippen LogP) is 5.66. The average Bonchev–Trinajstić information content (AvgIpc) is 2.94. The van der Waals surface area contributed by atoms with Crippen LogP contribution in [0.3, 0.4) is 0 Å². The number of benzene rings is 3. The van der Waals surface area contributed by atoms with E-state index in [-0.39, 0.29) is 17.4 Å². The third-order valence-electron chi connectivity index (χ3n) is 5.00. The molecule has 0 aliphatic carbocycles. The summed E-state index contributed by atoms with van der Waals surface area (Å²) in [4.78, 5) is 36.7. The number of anilines is 2. The van der Waals surface area contributed by atoms with Crippen molar-refractivity contribution in [2.75, 3.05) is 31.0 Å². The average molecular weight is 652 g/mol. The zero-order chi connectivity index (χ0) is 29.1. The number of nitrogens with one attached hydrogen (secondary N) is 3. The molecule has 0 atom stereocenters. The molecule has 0 aromatic heterocycles. The number of rotatable bonds is 11. The SMILES string of the molecule is CCCOc1ccc(NC(=O)C(=O)N/N=C\c2cc(Br)c(OCC(=O)Nc3cccc(Cl)c3Cl)c(OC)c2)cc1. The standard InChI is InChI=1S/C27H25BrCl2N4O6/c1-3-11-39-18-9-7-17(8-10-18)32-26(36)27(37)34-31-14-16-12-19(28)25(22(13-16)38-2)40-15-23(35)33-21-6-4-5-20(29)24(21)30/h4-10,12-14H,3,11,15H2,1-2H3,(H,32,36)(H,33,35)(H,34,37)/b31-14-. The second-order valence-electron chi connectivity index (χ2n) is 8.00. The van der Waals surface area contributed by atoms with E-state index >= 15 is 0 Å². The minimum absolute atomic E-state index is 0.219. The van der Waals surface area contributed by atoms with Crippen LogP contribution in [0.1, 0.15) is 18.9 Å². The molecule has 3 aromatic carbocycles. The van der Waals surface area contributed by atoms with Crippen molar-refractivity contribution in [2.45, 2.75) is 13.3 Å². The van der Waals surface area contributed by atoms with Gasteiger partial charge in [0.25, 0.3) is 5.91 Å². The third-order valence-corrected chi connectivity index (χ3v) is 6.40.